The van der Waals surface area contributed by atoms with Crippen molar-refractivity contribution in [2.75, 3.05) is 18.1 Å². The van der Waals surface area contributed by atoms with Crippen molar-refractivity contribution in [2.24, 2.45) is 0 Å². The number of aryl methyl sites for hydroxylation is 1. The minimum atomic E-state index is -0.451. The van der Waals surface area contributed by atoms with Crippen molar-refractivity contribution in [1.82, 2.24) is 15.5 Å². The van der Waals surface area contributed by atoms with E-state index >= 15 is 0 Å². The van der Waals surface area contributed by atoms with Crippen LogP contribution in [0.4, 0.5) is 10.5 Å². The lowest BCUT2D eigenvalue weighted by Gasteiger charge is -2.35. The molecule has 0 aliphatic carbocycles. The highest BCUT2D eigenvalue weighted by Crippen LogP contribution is 2.41. The highest BCUT2D eigenvalue weighted by atomic mass is 32.1. The maximum absolute atomic E-state index is 13.4. The molecule has 2 aliphatic rings. The molecule has 0 radical (unpaired) electrons. The molecule has 2 amide bonds. The Bertz CT molecular complexity index is 1430. The number of nitrogens with one attached hydrogen (secondary N) is 1. The van der Waals surface area contributed by atoms with Crippen LogP contribution in [0.3, 0.4) is 0 Å². The van der Waals surface area contributed by atoms with E-state index in [1.165, 1.54) is 11.3 Å². The summed E-state index contributed by atoms with van der Waals surface area (Å²) < 4.78 is 17.1. The second-order valence-corrected chi connectivity index (χ2v) is 9.30. The lowest BCUT2D eigenvalue weighted by Crippen LogP contribution is -2.46. The van der Waals surface area contributed by atoms with Crippen LogP contribution in [-0.4, -0.2) is 29.4 Å². The number of fused-ring (bicyclic) bond motifs is 1. The van der Waals surface area contributed by atoms with Crippen LogP contribution in [0.25, 0.3) is 16.3 Å². The Morgan fingerprint density at radius 2 is 1.83 bits per heavy atom. The van der Waals surface area contributed by atoms with Crippen LogP contribution in [0.1, 0.15) is 30.0 Å². The van der Waals surface area contributed by atoms with Crippen LogP contribution in [0.5, 0.6) is 11.5 Å². The fourth-order valence-electron chi connectivity index (χ4n) is 4.35. The quantitative estimate of drug-likeness (QED) is 0.405. The average Bonchev–Trinajstić information content (AvgIpc) is 3.57. The van der Waals surface area contributed by atoms with Gasteiger partial charge in [0.15, 0.2) is 11.5 Å². The average molecular weight is 487 g/mol. The Morgan fingerprint density at radius 1 is 1.03 bits per heavy atom. The molecule has 4 aromatic rings. The summed E-state index contributed by atoms with van der Waals surface area (Å²) in [6.07, 6.45) is 0. The van der Waals surface area contributed by atoms with Gasteiger partial charge in [0.1, 0.15) is 13.2 Å². The Kier molecular flexibility index (Phi) is 5.26. The molecular weight excluding hydrogens is 464 g/mol. The second-order valence-electron chi connectivity index (χ2n) is 8.36. The smallest absolute Gasteiger partial charge is 0.327 e. The number of urea groups is 1. The van der Waals surface area contributed by atoms with Gasteiger partial charge in [0.25, 0.3) is 5.89 Å². The monoisotopic (exact) mass is 486 g/mol. The van der Waals surface area contributed by atoms with Gasteiger partial charge in [-0.3, -0.25) is 4.90 Å². The maximum Gasteiger partial charge on any atom is 0.327 e. The highest BCUT2D eigenvalue weighted by molar-refractivity contribution is 7.13. The number of amides is 2. The fourth-order valence-corrected chi connectivity index (χ4v) is 5.00. The van der Waals surface area contributed by atoms with E-state index in [2.05, 4.69) is 10.5 Å². The first-order valence-electron chi connectivity index (χ1n) is 11.2. The van der Waals surface area contributed by atoms with Gasteiger partial charge in [-0.25, -0.2) is 4.79 Å². The first-order valence-corrected chi connectivity index (χ1v) is 12.1. The number of carbonyl (C=O) groups is 1. The molecule has 0 fully saturated rings. The molecule has 6 rings (SSSR count). The molecule has 176 valence electrons. The summed E-state index contributed by atoms with van der Waals surface area (Å²) in [6, 6.07) is 16.7. The summed E-state index contributed by atoms with van der Waals surface area (Å²) in [5.74, 6) is 2.14. The zero-order chi connectivity index (χ0) is 23.9. The topological polar surface area (TPSA) is 89.7 Å². The van der Waals surface area contributed by atoms with Crippen molar-refractivity contribution in [3.63, 3.8) is 0 Å². The molecule has 2 aromatic carbocycles. The number of anilines is 1. The van der Waals surface area contributed by atoms with E-state index in [1.54, 1.807) is 4.90 Å². The minimum absolute atomic E-state index is 0.258. The van der Waals surface area contributed by atoms with Gasteiger partial charge < -0.3 is 19.3 Å². The van der Waals surface area contributed by atoms with Crippen molar-refractivity contribution in [3.8, 4) is 22.2 Å². The van der Waals surface area contributed by atoms with Crippen molar-refractivity contribution < 1.29 is 18.8 Å². The Labute approximate surface area is 205 Å². The molecule has 1 unspecified atom stereocenters. The molecule has 8 nitrogen and oxygen atoms in total. The molecule has 0 bridgehead atoms. The third-order valence-corrected chi connectivity index (χ3v) is 6.94. The minimum Gasteiger partial charge on any atom is -0.486 e. The zero-order valence-electron chi connectivity index (χ0n) is 19.1. The summed E-state index contributed by atoms with van der Waals surface area (Å²) in [6.45, 7) is 4.88. The summed E-state index contributed by atoms with van der Waals surface area (Å²) in [4.78, 5) is 20.6. The zero-order valence-corrected chi connectivity index (χ0v) is 20.0. The maximum atomic E-state index is 13.4. The number of aromatic nitrogens is 2. The van der Waals surface area contributed by atoms with E-state index < -0.39 is 6.04 Å². The van der Waals surface area contributed by atoms with E-state index in [0.29, 0.717) is 47.8 Å². The number of hydrogen-bond donors (Lipinski definition) is 1. The van der Waals surface area contributed by atoms with Crippen LogP contribution < -0.4 is 19.7 Å². The van der Waals surface area contributed by atoms with E-state index in [-0.39, 0.29) is 6.03 Å². The Balaban J connectivity index is 1.48. The second kappa shape index (κ2) is 8.59. The van der Waals surface area contributed by atoms with E-state index in [0.717, 1.165) is 21.6 Å². The van der Waals surface area contributed by atoms with Gasteiger partial charge in [0.05, 0.1) is 22.2 Å². The number of rotatable bonds is 4. The predicted octanol–water partition coefficient (Wildman–Crippen LogP) is 5.58. The fraction of sp³-hybridized carbons (Fsp3) is 0.192. The lowest BCUT2D eigenvalue weighted by atomic mass is 9.94. The van der Waals surface area contributed by atoms with Gasteiger partial charge in [0.2, 0.25) is 5.82 Å². The summed E-state index contributed by atoms with van der Waals surface area (Å²) in [7, 11) is 0. The van der Waals surface area contributed by atoms with Gasteiger partial charge in [-0.1, -0.05) is 41.1 Å². The van der Waals surface area contributed by atoms with Gasteiger partial charge in [-0.15, -0.1) is 11.3 Å². The van der Waals surface area contributed by atoms with Crippen LogP contribution in [0, 0.1) is 6.92 Å². The number of nitrogens with zero attached hydrogens (tertiary/aromatic N) is 3. The van der Waals surface area contributed by atoms with Gasteiger partial charge in [-0.2, -0.15) is 4.98 Å². The van der Waals surface area contributed by atoms with Gasteiger partial charge in [0, 0.05) is 11.8 Å². The lowest BCUT2D eigenvalue weighted by molar-refractivity contribution is 0.171. The summed E-state index contributed by atoms with van der Waals surface area (Å²) in [5.41, 5.74) is 4.14. The van der Waals surface area contributed by atoms with Crippen LogP contribution in [-0.2, 0) is 0 Å². The van der Waals surface area contributed by atoms with Crippen molar-refractivity contribution in [2.45, 2.75) is 19.9 Å². The number of benzene rings is 2. The first-order chi connectivity index (χ1) is 17.1. The molecule has 2 aliphatic heterocycles. The Hall–Kier alpha value is -4.11. The van der Waals surface area contributed by atoms with Crippen molar-refractivity contribution in [1.29, 1.82) is 0 Å². The van der Waals surface area contributed by atoms with Crippen molar-refractivity contribution in [3.05, 3.63) is 82.7 Å². The van der Waals surface area contributed by atoms with Crippen LogP contribution >= 0.6 is 11.3 Å². The molecule has 1 atom stereocenters. The number of allylic oxidation sites excluding steroid dienone is 1. The van der Waals surface area contributed by atoms with Crippen LogP contribution in [0.2, 0.25) is 0 Å². The molecule has 4 heterocycles. The van der Waals surface area contributed by atoms with E-state index in [4.69, 9.17) is 19.0 Å². The Morgan fingerprint density at radius 3 is 2.60 bits per heavy atom. The van der Waals surface area contributed by atoms with Crippen molar-refractivity contribution >= 4 is 28.6 Å². The van der Waals surface area contributed by atoms with E-state index in [1.807, 2.05) is 73.8 Å². The standard InChI is InChI=1S/C26H22N4O4S/c1-15-5-7-17(8-6-15)23-22(25-28-24(29-34-25)21-4-3-13-35-21)16(2)30(26(31)27-23)18-9-10-19-20(14-18)33-12-11-32-19/h3-10,13-14,23H,11-12H2,1-2H3,(H,27,31). The predicted molar refractivity (Wildman–Crippen MR) is 133 cm³/mol. The molecule has 1 N–H and O–H groups in total. The third kappa shape index (κ3) is 3.83. The molecule has 35 heavy (non-hydrogen) atoms. The molecule has 0 saturated carbocycles. The number of carbonyl (C=O) groups excluding carboxylic acids is 1. The largest absolute Gasteiger partial charge is 0.486 e. The molecule has 0 spiro atoms. The molecule has 2 aromatic heterocycles. The summed E-state index contributed by atoms with van der Waals surface area (Å²) >= 11 is 1.54. The molecule has 0 saturated heterocycles. The first kappa shape index (κ1) is 21.4. The number of ether oxygens (including phenoxy) is 2. The third-order valence-electron chi connectivity index (χ3n) is 6.08. The molecule has 9 heteroatoms. The summed E-state index contributed by atoms with van der Waals surface area (Å²) in [5, 5.41) is 9.31. The number of thiophene rings is 1. The van der Waals surface area contributed by atoms with Gasteiger partial charge >= 0.3 is 6.03 Å². The highest BCUT2D eigenvalue weighted by Gasteiger charge is 2.37. The SMILES string of the molecule is CC1=C(c2nc(-c3cccs3)no2)C(c2ccc(C)cc2)NC(=O)N1c1ccc2c(c1)OCCO2. The molecular formula is C26H22N4O4S. The van der Waals surface area contributed by atoms with E-state index in [9.17, 15) is 4.79 Å². The normalized spacial score (nSPS) is 17.5. The van der Waals surface area contributed by atoms with Gasteiger partial charge in [-0.05, 0) is 43.0 Å². The van der Waals surface area contributed by atoms with Crippen LogP contribution in [0.15, 0.2) is 70.2 Å². The number of hydrogen-bond acceptors (Lipinski definition) is 7.